The Morgan fingerprint density at radius 1 is 1.11 bits per heavy atom. The predicted molar refractivity (Wildman–Crippen MR) is 98.6 cm³/mol. The summed E-state index contributed by atoms with van der Waals surface area (Å²) in [6, 6.07) is 10.3. The summed E-state index contributed by atoms with van der Waals surface area (Å²) in [5.41, 5.74) is 0.140. The fraction of sp³-hybridized carbons (Fsp3) is 0.118. The van der Waals surface area contributed by atoms with Crippen LogP contribution in [0.4, 0.5) is 10.5 Å². The number of amides is 3. The van der Waals surface area contributed by atoms with Crippen molar-refractivity contribution in [1.82, 2.24) is 4.90 Å². The van der Waals surface area contributed by atoms with Crippen LogP contribution in [0.3, 0.4) is 0 Å². The summed E-state index contributed by atoms with van der Waals surface area (Å²) in [6.45, 7) is -0.684. The molecule has 0 saturated carbocycles. The molecule has 1 saturated heterocycles. The molecule has 3 amide bonds. The molecule has 2 aromatic carbocycles. The first-order valence-electron chi connectivity index (χ1n) is 7.49. The number of carbonyl (C=O) groups is 3. The third-order valence-corrected chi connectivity index (χ3v) is 4.61. The molecule has 7 nitrogen and oxygen atoms in total. The van der Waals surface area contributed by atoms with E-state index in [4.69, 9.17) is 39.5 Å². The van der Waals surface area contributed by atoms with Gasteiger partial charge in [0.2, 0.25) is 5.91 Å². The van der Waals surface area contributed by atoms with E-state index in [1.54, 1.807) is 24.3 Å². The maximum atomic E-state index is 12.6. The Labute approximate surface area is 168 Å². The summed E-state index contributed by atoms with van der Waals surface area (Å²) < 4.78 is 4.81. The number of anilines is 1. The first kappa shape index (κ1) is 19.4. The quantitative estimate of drug-likeness (QED) is 0.776. The van der Waals surface area contributed by atoms with Crippen molar-refractivity contribution in [1.29, 1.82) is 0 Å². The van der Waals surface area contributed by atoms with Crippen LogP contribution >= 0.6 is 34.8 Å². The van der Waals surface area contributed by atoms with Crippen LogP contribution in [0, 0.1) is 0 Å². The monoisotopic (exact) mass is 428 g/mol. The number of para-hydroxylation sites is 1. The van der Waals surface area contributed by atoms with Crippen LogP contribution in [0.25, 0.3) is 0 Å². The number of nitrogens with one attached hydrogen (secondary N) is 1. The van der Waals surface area contributed by atoms with E-state index < -0.39 is 30.2 Å². The third-order valence-electron chi connectivity index (χ3n) is 3.74. The van der Waals surface area contributed by atoms with E-state index in [9.17, 15) is 19.5 Å². The molecule has 0 spiro atoms. The summed E-state index contributed by atoms with van der Waals surface area (Å²) in [7, 11) is 0. The topological polar surface area (TPSA) is 95.9 Å². The molecule has 0 bridgehead atoms. The molecule has 2 aromatic rings. The van der Waals surface area contributed by atoms with E-state index in [1.807, 2.05) is 0 Å². The largest absolute Gasteiger partial charge is 0.420 e. The Hall–Kier alpha value is -2.32. The van der Waals surface area contributed by atoms with Gasteiger partial charge in [-0.1, -0.05) is 46.9 Å². The Kier molecular flexibility index (Phi) is 5.30. The Morgan fingerprint density at radius 3 is 2.48 bits per heavy atom. The first-order valence-corrected chi connectivity index (χ1v) is 8.63. The number of rotatable bonds is 4. The van der Waals surface area contributed by atoms with Gasteiger partial charge in [0.05, 0.1) is 21.3 Å². The second-order valence-electron chi connectivity index (χ2n) is 5.56. The molecule has 0 radical (unpaired) electrons. The lowest BCUT2D eigenvalue weighted by Crippen LogP contribution is -2.42. The fourth-order valence-electron chi connectivity index (χ4n) is 2.46. The lowest BCUT2D eigenvalue weighted by Gasteiger charge is -2.20. The van der Waals surface area contributed by atoms with E-state index in [2.05, 4.69) is 5.32 Å². The fourth-order valence-corrected chi connectivity index (χ4v) is 3.18. The van der Waals surface area contributed by atoms with Gasteiger partial charge in [-0.25, -0.2) is 9.69 Å². The zero-order valence-corrected chi connectivity index (χ0v) is 15.7. The average molecular weight is 430 g/mol. The lowest BCUT2D eigenvalue weighted by molar-refractivity contribution is -0.176. The number of imide groups is 1. The lowest BCUT2D eigenvalue weighted by atomic mass is 10.1. The van der Waals surface area contributed by atoms with Crippen LogP contribution in [0.5, 0.6) is 0 Å². The molecule has 0 aromatic heterocycles. The molecule has 27 heavy (non-hydrogen) atoms. The van der Waals surface area contributed by atoms with Crippen molar-refractivity contribution < 1.29 is 24.2 Å². The van der Waals surface area contributed by atoms with Crippen LogP contribution in [-0.4, -0.2) is 34.5 Å². The summed E-state index contributed by atoms with van der Waals surface area (Å²) in [4.78, 5) is 37.3. The van der Waals surface area contributed by atoms with Gasteiger partial charge in [-0.3, -0.25) is 9.59 Å². The van der Waals surface area contributed by atoms with Crippen molar-refractivity contribution >= 4 is 58.4 Å². The minimum Gasteiger partial charge on any atom is -0.402 e. The van der Waals surface area contributed by atoms with Gasteiger partial charge in [-0.15, -0.1) is 0 Å². The van der Waals surface area contributed by atoms with Crippen molar-refractivity contribution in [3.63, 3.8) is 0 Å². The van der Waals surface area contributed by atoms with Crippen molar-refractivity contribution in [3.8, 4) is 0 Å². The number of carbonyl (C=O) groups excluding carboxylic acids is 3. The van der Waals surface area contributed by atoms with Gasteiger partial charge in [0, 0.05) is 5.02 Å². The molecular weight excluding hydrogens is 419 g/mol. The second kappa shape index (κ2) is 7.36. The molecule has 0 aliphatic carbocycles. The second-order valence-corrected chi connectivity index (χ2v) is 6.81. The van der Waals surface area contributed by atoms with Crippen molar-refractivity contribution in [2.24, 2.45) is 0 Å². The Morgan fingerprint density at radius 2 is 1.81 bits per heavy atom. The predicted octanol–water partition coefficient (Wildman–Crippen LogP) is 3.41. The molecule has 3 rings (SSSR count). The molecule has 2 N–H and O–H groups in total. The zero-order chi connectivity index (χ0) is 19.8. The summed E-state index contributed by atoms with van der Waals surface area (Å²) in [5, 5.41) is 13.5. The highest BCUT2D eigenvalue weighted by atomic mass is 35.5. The highest BCUT2D eigenvalue weighted by Gasteiger charge is 2.55. The minimum absolute atomic E-state index is 0.0754. The van der Waals surface area contributed by atoms with E-state index in [-0.39, 0.29) is 20.6 Å². The summed E-state index contributed by atoms with van der Waals surface area (Å²) in [6.07, 6.45) is -1.19. The normalized spacial score (nSPS) is 19.2. The highest BCUT2D eigenvalue weighted by Crippen LogP contribution is 2.37. The van der Waals surface area contributed by atoms with Gasteiger partial charge in [-0.2, -0.15) is 0 Å². The number of hydrogen-bond donors (Lipinski definition) is 2. The molecule has 1 atom stereocenters. The molecule has 1 unspecified atom stereocenters. The third kappa shape index (κ3) is 3.72. The van der Waals surface area contributed by atoms with E-state index in [1.165, 1.54) is 18.2 Å². The van der Waals surface area contributed by atoms with Gasteiger partial charge in [0.15, 0.2) is 0 Å². The SMILES string of the molecule is O=C(CN1C(=O)OC(O)(c2ccc(Cl)cc2Cl)C1=O)Nc1ccccc1Cl. The first-order chi connectivity index (χ1) is 12.7. The number of nitrogens with zero attached hydrogens (tertiary/aromatic N) is 1. The van der Waals surface area contributed by atoms with Crippen molar-refractivity contribution in [2.75, 3.05) is 11.9 Å². The Balaban J connectivity index is 1.80. The molecule has 140 valence electrons. The zero-order valence-electron chi connectivity index (χ0n) is 13.4. The standard InChI is InChI=1S/C17H11Cl3N2O5/c18-9-5-6-10(12(20)7-9)17(26)15(24)22(16(25)27-17)8-14(23)21-13-4-2-1-3-11(13)19/h1-7,26H,8H2,(H,21,23). The number of halogens is 3. The summed E-state index contributed by atoms with van der Waals surface area (Å²) >= 11 is 17.7. The van der Waals surface area contributed by atoms with Gasteiger partial charge < -0.3 is 15.2 Å². The van der Waals surface area contributed by atoms with Gasteiger partial charge in [0.25, 0.3) is 0 Å². The maximum Gasteiger partial charge on any atom is 0.420 e. The number of hydrogen-bond acceptors (Lipinski definition) is 5. The van der Waals surface area contributed by atoms with E-state index in [0.29, 0.717) is 10.6 Å². The van der Waals surface area contributed by atoms with E-state index in [0.717, 1.165) is 0 Å². The maximum absolute atomic E-state index is 12.6. The Bertz CT molecular complexity index is 952. The van der Waals surface area contributed by atoms with Crippen LogP contribution in [0.2, 0.25) is 15.1 Å². The number of cyclic esters (lactones) is 1. The molecular formula is C17H11Cl3N2O5. The number of ether oxygens (including phenoxy) is 1. The minimum atomic E-state index is -2.65. The number of benzene rings is 2. The van der Waals surface area contributed by atoms with Crippen molar-refractivity contribution in [3.05, 3.63) is 63.1 Å². The van der Waals surface area contributed by atoms with Gasteiger partial charge >= 0.3 is 17.8 Å². The van der Waals surface area contributed by atoms with Crippen LogP contribution < -0.4 is 5.32 Å². The number of aliphatic hydroxyl groups is 1. The molecule has 1 heterocycles. The molecule has 10 heteroatoms. The molecule has 1 fully saturated rings. The molecule has 1 aliphatic heterocycles. The van der Waals surface area contributed by atoms with Crippen LogP contribution in [0.1, 0.15) is 5.56 Å². The molecule has 1 aliphatic rings. The average Bonchev–Trinajstić information content (AvgIpc) is 2.81. The summed E-state index contributed by atoms with van der Waals surface area (Å²) in [5.74, 6) is -4.51. The van der Waals surface area contributed by atoms with Crippen molar-refractivity contribution in [2.45, 2.75) is 5.79 Å². The van der Waals surface area contributed by atoms with Crippen LogP contribution in [-0.2, 0) is 20.1 Å². The smallest absolute Gasteiger partial charge is 0.402 e. The van der Waals surface area contributed by atoms with Gasteiger partial charge in [-0.05, 0) is 30.3 Å². The van der Waals surface area contributed by atoms with Gasteiger partial charge in [0.1, 0.15) is 6.54 Å². The van der Waals surface area contributed by atoms with E-state index >= 15 is 0 Å². The van der Waals surface area contributed by atoms with Crippen LogP contribution in [0.15, 0.2) is 42.5 Å². The highest BCUT2D eigenvalue weighted by molar-refractivity contribution is 6.35.